The van der Waals surface area contributed by atoms with Crippen molar-refractivity contribution in [1.29, 1.82) is 0 Å². The molecule has 2 aromatic rings. The minimum Gasteiger partial charge on any atom is -0.451 e. The molecule has 8 heteroatoms. The number of hydrogen-bond donors (Lipinski definition) is 2. The lowest BCUT2D eigenvalue weighted by molar-refractivity contribution is -0.129. The number of rotatable bonds is 4. The fourth-order valence-corrected chi connectivity index (χ4v) is 2.65. The van der Waals surface area contributed by atoms with Gasteiger partial charge in [-0.3, -0.25) is 20.4 Å². The second-order valence-electron chi connectivity index (χ2n) is 4.61. The molecule has 120 valence electrons. The summed E-state index contributed by atoms with van der Waals surface area (Å²) >= 11 is 1.20. The molecule has 23 heavy (non-hydrogen) atoms. The Labute approximate surface area is 136 Å². The molecule has 1 aromatic carbocycles. The third-order valence-corrected chi connectivity index (χ3v) is 3.90. The van der Waals surface area contributed by atoms with Crippen molar-refractivity contribution in [3.05, 3.63) is 40.9 Å². The maximum Gasteiger partial charge on any atom is 0.350 e. The van der Waals surface area contributed by atoms with Gasteiger partial charge >= 0.3 is 5.97 Å². The van der Waals surface area contributed by atoms with Crippen LogP contribution in [0.25, 0.3) is 10.6 Å². The van der Waals surface area contributed by atoms with Crippen LogP contribution in [0.4, 0.5) is 0 Å². The Morgan fingerprint density at radius 1 is 1.17 bits per heavy atom. The Hall–Kier alpha value is -2.74. The molecule has 1 heterocycles. The van der Waals surface area contributed by atoms with Crippen LogP contribution in [0.1, 0.15) is 22.3 Å². The van der Waals surface area contributed by atoms with Gasteiger partial charge < -0.3 is 4.74 Å². The first-order valence-electron chi connectivity index (χ1n) is 6.72. The number of thiazole rings is 1. The first-order valence-corrected chi connectivity index (χ1v) is 7.54. The van der Waals surface area contributed by atoms with Crippen LogP contribution in [0, 0.1) is 6.92 Å². The van der Waals surface area contributed by atoms with E-state index in [1.54, 1.807) is 6.92 Å². The summed E-state index contributed by atoms with van der Waals surface area (Å²) in [5.41, 5.74) is 5.66. The van der Waals surface area contributed by atoms with Crippen molar-refractivity contribution >= 4 is 29.1 Å². The van der Waals surface area contributed by atoms with E-state index < -0.39 is 24.4 Å². The van der Waals surface area contributed by atoms with Crippen LogP contribution in [-0.2, 0) is 14.3 Å². The van der Waals surface area contributed by atoms with Gasteiger partial charge in [-0.1, -0.05) is 30.3 Å². The number of aryl methyl sites for hydroxylation is 1. The highest BCUT2D eigenvalue weighted by Crippen LogP contribution is 2.28. The van der Waals surface area contributed by atoms with Crippen LogP contribution in [0.5, 0.6) is 0 Å². The lowest BCUT2D eigenvalue weighted by Gasteiger charge is -2.05. The molecular weight excluding hydrogens is 318 g/mol. The van der Waals surface area contributed by atoms with Gasteiger partial charge in [0.25, 0.3) is 5.91 Å². The van der Waals surface area contributed by atoms with Gasteiger partial charge in [0.2, 0.25) is 5.91 Å². The number of benzene rings is 1. The number of amides is 2. The second-order valence-corrected chi connectivity index (χ2v) is 5.60. The molecular formula is C15H15N3O4S. The lowest BCUT2D eigenvalue weighted by Crippen LogP contribution is -2.42. The van der Waals surface area contributed by atoms with Crippen molar-refractivity contribution in [2.45, 2.75) is 13.8 Å². The van der Waals surface area contributed by atoms with E-state index in [4.69, 9.17) is 4.74 Å². The quantitative estimate of drug-likeness (QED) is 0.652. The Kier molecular flexibility index (Phi) is 5.42. The Morgan fingerprint density at radius 2 is 1.87 bits per heavy atom. The largest absolute Gasteiger partial charge is 0.451 e. The zero-order chi connectivity index (χ0) is 16.8. The summed E-state index contributed by atoms with van der Waals surface area (Å²) in [6.07, 6.45) is 0. The summed E-state index contributed by atoms with van der Waals surface area (Å²) in [6, 6.07) is 9.46. The maximum atomic E-state index is 12.0. The third kappa shape index (κ3) is 4.62. The number of carbonyl (C=O) groups is 3. The molecule has 0 saturated heterocycles. The molecule has 2 amide bonds. The molecule has 0 bridgehead atoms. The minimum atomic E-state index is -0.626. The molecule has 7 nitrogen and oxygen atoms in total. The smallest absolute Gasteiger partial charge is 0.350 e. The minimum absolute atomic E-state index is 0.344. The molecule has 0 radical (unpaired) electrons. The maximum absolute atomic E-state index is 12.0. The average molecular weight is 333 g/mol. The number of nitrogens with one attached hydrogen (secondary N) is 2. The molecule has 0 spiro atoms. The number of aromatic nitrogens is 1. The van der Waals surface area contributed by atoms with Crippen LogP contribution in [0.15, 0.2) is 30.3 Å². The van der Waals surface area contributed by atoms with Crippen LogP contribution >= 0.6 is 11.3 Å². The summed E-state index contributed by atoms with van der Waals surface area (Å²) in [7, 11) is 0. The van der Waals surface area contributed by atoms with Gasteiger partial charge in [-0.15, -0.1) is 11.3 Å². The van der Waals surface area contributed by atoms with Crippen LogP contribution in [0.2, 0.25) is 0 Å². The molecule has 2 rings (SSSR count). The van der Waals surface area contributed by atoms with E-state index in [1.807, 2.05) is 30.3 Å². The van der Waals surface area contributed by atoms with Crippen molar-refractivity contribution in [1.82, 2.24) is 15.8 Å². The van der Waals surface area contributed by atoms with E-state index in [2.05, 4.69) is 15.8 Å². The summed E-state index contributed by atoms with van der Waals surface area (Å²) in [4.78, 5) is 38.8. The van der Waals surface area contributed by atoms with Crippen LogP contribution in [-0.4, -0.2) is 29.4 Å². The Bertz CT molecular complexity index is 728. The van der Waals surface area contributed by atoms with Gasteiger partial charge in [0.05, 0.1) is 5.69 Å². The number of nitrogens with zero attached hydrogens (tertiary/aromatic N) is 1. The Morgan fingerprint density at radius 3 is 2.52 bits per heavy atom. The normalized spacial score (nSPS) is 10.0. The van der Waals surface area contributed by atoms with Gasteiger partial charge in [-0.2, -0.15) is 0 Å². The van der Waals surface area contributed by atoms with E-state index in [1.165, 1.54) is 18.3 Å². The van der Waals surface area contributed by atoms with Crippen molar-refractivity contribution in [2.75, 3.05) is 6.61 Å². The van der Waals surface area contributed by atoms with Gasteiger partial charge in [-0.05, 0) is 6.92 Å². The highest BCUT2D eigenvalue weighted by Gasteiger charge is 2.18. The molecule has 0 saturated carbocycles. The predicted molar refractivity (Wildman–Crippen MR) is 84.5 cm³/mol. The fourth-order valence-electron chi connectivity index (χ4n) is 1.68. The fraction of sp³-hybridized carbons (Fsp3) is 0.200. The third-order valence-electron chi connectivity index (χ3n) is 2.72. The van der Waals surface area contributed by atoms with Crippen molar-refractivity contribution in [3.63, 3.8) is 0 Å². The first kappa shape index (κ1) is 16.6. The number of hydrazine groups is 1. The zero-order valence-electron chi connectivity index (χ0n) is 12.6. The topological polar surface area (TPSA) is 97.4 Å². The lowest BCUT2D eigenvalue weighted by atomic mass is 10.2. The zero-order valence-corrected chi connectivity index (χ0v) is 13.4. The molecule has 0 atom stereocenters. The van der Waals surface area contributed by atoms with E-state index in [-0.39, 0.29) is 0 Å². The van der Waals surface area contributed by atoms with Crippen molar-refractivity contribution in [3.8, 4) is 10.6 Å². The van der Waals surface area contributed by atoms with E-state index >= 15 is 0 Å². The summed E-state index contributed by atoms with van der Waals surface area (Å²) in [5.74, 6) is -1.67. The summed E-state index contributed by atoms with van der Waals surface area (Å²) in [6.45, 7) is 2.46. The second kappa shape index (κ2) is 7.50. The highest BCUT2D eigenvalue weighted by atomic mass is 32.1. The number of ether oxygens (including phenoxy) is 1. The predicted octanol–water partition coefficient (Wildman–Crippen LogP) is 1.44. The molecule has 1 aromatic heterocycles. The van der Waals surface area contributed by atoms with Crippen molar-refractivity contribution in [2.24, 2.45) is 0 Å². The highest BCUT2D eigenvalue weighted by molar-refractivity contribution is 7.17. The average Bonchev–Trinajstić information content (AvgIpc) is 2.93. The summed E-state index contributed by atoms with van der Waals surface area (Å²) < 4.78 is 4.92. The summed E-state index contributed by atoms with van der Waals surface area (Å²) in [5, 5.41) is 0.706. The molecule has 0 unspecified atom stereocenters. The first-order chi connectivity index (χ1) is 11.0. The monoisotopic (exact) mass is 333 g/mol. The van der Waals surface area contributed by atoms with E-state index in [0.717, 1.165) is 5.56 Å². The van der Waals surface area contributed by atoms with Crippen LogP contribution in [0.3, 0.4) is 0 Å². The SMILES string of the molecule is CC(=O)NNC(=O)COC(=O)c1sc(-c2ccccc2)nc1C. The van der Waals surface area contributed by atoms with Crippen LogP contribution < -0.4 is 10.9 Å². The van der Waals surface area contributed by atoms with Gasteiger partial charge in [-0.25, -0.2) is 9.78 Å². The molecule has 0 fully saturated rings. The molecule has 0 aliphatic rings. The molecule has 0 aliphatic carbocycles. The van der Waals surface area contributed by atoms with Gasteiger partial charge in [0, 0.05) is 12.5 Å². The number of carbonyl (C=O) groups excluding carboxylic acids is 3. The van der Waals surface area contributed by atoms with Crippen molar-refractivity contribution < 1.29 is 19.1 Å². The van der Waals surface area contributed by atoms with Gasteiger partial charge in [0.1, 0.15) is 9.88 Å². The Balaban J connectivity index is 1.99. The van der Waals surface area contributed by atoms with Gasteiger partial charge in [0.15, 0.2) is 6.61 Å². The van der Waals surface area contributed by atoms with E-state index in [0.29, 0.717) is 15.6 Å². The standard InChI is InChI=1S/C15H15N3O4S/c1-9-13(15(21)22-8-12(20)18-17-10(2)19)23-14(16-9)11-6-4-3-5-7-11/h3-7H,8H2,1-2H3,(H,17,19)(H,18,20). The number of esters is 1. The number of hydrogen-bond acceptors (Lipinski definition) is 6. The molecule has 2 N–H and O–H groups in total. The molecule has 0 aliphatic heterocycles. The van der Waals surface area contributed by atoms with E-state index in [9.17, 15) is 14.4 Å².